The van der Waals surface area contributed by atoms with E-state index in [1.54, 1.807) is 12.3 Å². The molecule has 0 saturated carbocycles. The van der Waals surface area contributed by atoms with Crippen molar-refractivity contribution in [3.63, 3.8) is 0 Å². The van der Waals surface area contributed by atoms with Gasteiger partial charge in [0.05, 0.1) is 5.57 Å². The zero-order valence-corrected chi connectivity index (χ0v) is 4.79. The Morgan fingerprint density at radius 1 is 1.78 bits per heavy atom. The number of dihydropyridines is 1. The van der Waals surface area contributed by atoms with E-state index in [9.17, 15) is 4.79 Å². The average Bonchev–Trinajstić information content (AvgIpc) is 1.90. The second kappa shape index (κ2) is 2.35. The fourth-order valence-corrected chi connectivity index (χ4v) is 0.612. The van der Waals surface area contributed by atoms with Crippen LogP contribution in [0, 0.1) is 0 Å². The molecular weight excluding hydrogens is 118 g/mol. The van der Waals surface area contributed by atoms with E-state index in [0.29, 0.717) is 12.1 Å². The van der Waals surface area contributed by atoms with E-state index in [-0.39, 0.29) is 0 Å². The molecule has 0 fully saturated rings. The molecule has 0 spiro atoms. The minimum Gasteiger partial charge on any atom is -0.478 e. The maximum atomic E-state index is 10.2. The van der Waals surface area contributed by atoms with Crippen LogP contribution in [-0.4, -0.2) is 17.6 Å². The standard InChI is InChI=1S/C6H7NO2/c8-6(9)5-1-3-7-4-2-5/h1-3,7H,4H2,(H,8,9). The molecule has 0 aromatic rings. The van der Waals surface area contributed by atoms with E-state index in [1.807, 2.05) is 0 Å². The minimum absolute atomic E-state index is 0.355. The van der Waals surface area contributed by atoms with Gasteiger partial charge in [0.1, 0.15) is 0 Å². The number of nitrogens with one attached hydrogen (secondary N) is 1. The third kappa shape index (κ3) is 1.32. The van der Waals surface area contributed by atoms with Crippen molar-refractivity contribution in [1.29, 1.82) is 0 Å². The van der Waals surface area contributed by atoms with Crippen molar-refractivity contribution in [3.8, 4) is 0 Å². The predicted octanol–water partition coefficient (Wildman–Crippen LogP) is 0.114. The molecule has 0 aromatic carbocycles. The molecule has 3 heteroatoms. The largest absolute Gasteiger partial charge is 0.478 e. The van der Waals surface area contributed by atoms with E-state index in [0.717, 1.165) is 0 Å². The Kier molecular flexibility index (Phi) is 1.53. The molecule has 2 N–H and O–H groups in total. The van der Waals surface area contributed by atoms with Crippen LogP contribution in [0.2, 0.25) is 0 Å². The van der Waals surface area contributed by atoms with Crippen LogP contribution in [-0.2, 0) is 4.79 Å². The summed E-state index contributed by atoms with van der Waals surface area (Å²) < 4.78 is 0. The first-order valence-corrected chi connectivity index (χ1v) is 2.64. The van der Waals surface area contributed by atoms with Gasteiger partial charge < -0.3 is 10.4 Å². The second-order valence-corrected chi connectivity index (χ2v) is 1.71. The van der Waals surface area contributed by atoms with Crippen LogP contribution in [0.25, 0.3) is 0 Å². The first-order valence-electron chi connectivity index (χ1n) is 2.64. The molecular formula is C6H7NO2. The van der Waals surface area contributed by atoms with Crippen molar-refractivity contribution in [2.45, 2.75) is 0 Å². The predicted molar refractivity (Wildman–Crippen MR) is 32.9 cm³/mol. The van der Waals surface area contributed by atoms with Crippen LogP contribution >= 0.6 is 0 Å². The molecule has 0 atom stereocenters. The number of hydrogen-bond acceptors (Lipinski definition) is 2. The maximum Gasteiger partial charge on any atom is 0.335 e. The molecule has 1 heterocycles. The van der Waals surface area contributed by atoms with Gasteiger partial charge in [0.2, 0.25) is 0 Å². The SMILES string of the molecule is O=C(O)C1=CCNC=C1. The first-order chi connectivity index (χ1) is 4.30. The highest BCUT2D eigenvalue weighted by atomic mass is 16.4. The minimum atomic E-state index is -0.868. The van der Waals surface area contributed by atoms with Gasteiger partial charge in [-0.3, -0.25) is 0 Å². The smallest absolute Gasteiger partial charge is 0.335 e. The molecule has 1 aliphatic rings. The molecule has 9 heavy (non-hydrogen) atoms. The van der Waals surface area contributed by atoms with Gasteiger partial charge in [0.25, 0.3) is 0 Å². The van der Waals surface area contributed by atoms with Crippen molar-refractivity contribution < 1.29 is 9.90 Å². The molecule has 0 amide bonds. The molecule has 0 bridgehead atoms. The Hall–Kier alpha value is -1.25. The summed E-state index contributed by atoms with van der Waals surface area (Å²) in [5, 5.41) is 11.2. The highest BCUT2D eigenvalue weighted by Crippen LogP contribution is 1.98. The van der Waals surface area contributed by atoms with Crippen LogP contribution in [0.15, 0.2) is 23.9 Å². The second-order valence-electron chi connectivity index (χ2n) is 1.71. The third-order valence-electron chi connectivity index (χ3n) is 1.07. The average molecular weight is 125 g/mol. The summed E-state index contributed by atoms with van der Waals surface area (Å²) in [4.78, 5) is 10.2. The molecule has 0 saturated heterocycles. The van der Waals surface area contributed by atoms with E-state index in [4.69, 9.17) is 5.11 Å². The van der Waals surface area contributed by atoms with Gasteiger partial charge in [-0.15, -0.1) is 0 Å². The lowest BCUT2D eigenvalue weighted by molar-refractivity contribution is -0.132. The van der Waals surface area contributed by atoms with Gasteiger partial charge in [-0.25, -0.2) is 4.79 Å². The van der Waals surface area contributed by atoms with Crippen LogP contribution in [0.1, 0.15) is 0 Å². The summed E-state index contributed by atoms with van der Waals surface area (Å²) in [7, 11) is 0. The quantitative estimate of drug-likeness (QED) is 0.523. The van der Waals surface area contributed by atoms with Crippen molar-refractivity contribution >= 4 is 5.97 Å². The van der Waals surface area contributed by atoms with Gasteiger partial charge in [-0.05, 0) is 12.3 Å². The fraction of sp³-hybridized carbons (Fsp3) is 0.167. The van der Waals surface area contributed by atoms with Crippen LogP contribution in [0.5, 0.6) is 0 Å². The van der Waals surface area contributed by atoms with Crippen molar-refractivity contribution in [1.82, 2.24) is 5.32 Å². The maximum absolute atomic E-state index is 10.2. The van der Waals surface area contributed by atoms with Gasteiger partial charge in [0, 0.05) is 6.54 Å². The molecule has 3 nitrogen and oxygen atoms in total. The fourth-order valence-electron chi connectivity index (χ4n) is 0.612. The lowest BCUT2D eigenvalue weighted by Crippen LogP contribution is -2.12. The number of aliphatic carboxylic acids is 1. The van der Waals surface area contributed by atoms with Crippen LogP contribution < -0.4 is 5.32 Å². The monoisotopic (exact) mass is 125 g/mol. The zero-order valence-electron chi connectivity index (χ0n) is 4.79. The Labute approximate surface area is 52.7 Å². The number of rotatable bonds is 1. The summed E-state index contributed by atoms with van der Waals surface area (Å²) in [6, 6.07) is 0. The van der Waals surface area contributed by atoms with E-state index in [1.165, 1.54) is 6.08 Å². The zero-order chi connectivity index (χ0) is 6.69. The highest BCUT2D eigenvalue weighted by molar-refractivity contribution is 5.89. The van der Waals surface area contributed by atoms with E-state index >= 15 is 0 Å². The highest BCUT2D eigenvalue weighted by Gasteiger charge is 2.02. The molecule has 0 radical (unpaired) electrons. The molecule has 1 rings (SSSR count). The Balaban J connectivity index is 2.69. The third-order valence-corrected chi connectivity index (χ3v) is 1.07. The van der Waals surface area contributed by atoms with Gasteiger partial charge in [0.15, 0.2) is 0 Å². The number of carboxylic acid groups (broad SMARTS) is 1. The van der Waals surface area contributed by atoms with E-state index in [2.05, 4.69) is 5.32 Å². The van der Waals surface area contributed by atoms with Gasteiger partial charge in [-0.1, -0.05) is 6.08 Å². The summed E-state index contributed by atoms with van der Waals surface area (Å²) in [5.74, 6) is -0.868. The molecule has 0 unspecified atom stereocenters. The number of carboxylic acids is 1. The van der Waals surface area contributed by atoms with Crippen molar-refractivity contribution in [2.24, 2.45) is 0 Å². The molecule has 48 valence electrons. The Bertz CT molecular complexity index is 181. The molecule has 0 aliphatic carbocycles. The summed E-state index contributed by atoms with van der Waals surface area (Å²) in [5.41, 5.74) is 0.355. The lowest BCUT2D eigenvalue weighted by atomic mass is 10.2. The Morgan fingerprint density at radius 2 is 2.56 bits per heavy atom. The van der Waals surface area contributed by atoms with Crippen LogP contribution in [0.4, 0.5) is 0 Å². The summed E-state index contributed by atoms with van der Waals surface area (Å²) >= 11 is 0. The lowest BCUT2D eigenvalue weighted by Gasteiger charge is -2.02. The van der Waals surface area contributed by atoms with Gasteiger partial charge >= 0.3 is 5.97 Å². The topological polar surface area (TPSA) is 49.3 Å². The van der Waals surface area contributed by atoms with Gasteiger partial charge in [-0.2, -0.15) is 0 Å². The Morgan fingerprint density at radius 3 is 2.89 bits per heavy atom. The normalized spacial score (nSPS) is 16.2. The van der Waals surface area contributed by atoms with Crippen molar-refractivity contribution in [3.05, 3.63) is 23.9 Å². The first kappa shape index (κ1) is 5.88. The molecule has 1 aliphatic heterocycles. The summed E-state index contributed by atoms with van der Waals surface area (Å²) in [6.45, 7) is 0.609. The summed E-state index contributed by atoms with van der Waals surface area (Å²) in [6.07, 6.45) is 4.79. The van der Waals surface area contributed by atoms with Crippen LogP contribution in [0.3, 0.4) is 0 Å². The molecule has 0 aromatic heterocycles. The van der Waals surface area contributed by atoms with Crippen molar-refractivity contribution in [2.75, 3.05) is 6.54 Å². The van der Waals surface area contributed by atoms with E-state index < -0.39 is 5.97 Å². The number of carbonyl (C=O) groups is 1. The number of hydrogen-bond donors (Lipinski definition) is 2.